The standard InChI is InChI=1S/C13H29NO/c1-5-9-13(15)11-8-6-7-10-12(2)14(3)4/h12-13,15H,5-11H2,1-4H3. The minimum atomic E-state index is -0.0544. The van der Waals surface area contributed by atoms with Gasteiger partial charge in [0.05, 0.1) is 6.10 Å². The lowest BCUT2D eigenvalue weighted by atomic mass is 10.0. The van der Waals surface area contributed by atoms with E-state index in [2.05, 4.69) is 32.8 Å². The van der Waals surface area contributed by atoms with Gasteiger partial charge in [0.15, 0.2) is 0 Å². The fourth-order valence-electron chi connectivity index (χ4n) is 1.73. The first-order valence-electron chi connectivity index (χ1n) is 6.42. The van der Waals surface area contributed by atoms with Gasteiger partial charge < -0.3 is 10.0 Å². The fourth-order valence-corrected chi connectivity index (χ4v) is 1.73. The van der Waals surface area contributed by atoms with Crippen molar-refractivity contribution in [3.63, 3.8) is 0 Å². The van der Waals surface area contributed by atoms with Gasteiger partial charge in [-0.05, 0) is 40.3 Å². The third-order valence-electron chi connectivity index (χ3n) is 3.16. The summed E-state index contributed by atoms with van der Waals surface area (Å²) in [6, 6.07) is 0.686. The summed E-state index contributed by atoms with van der Waals surface area (Å²) in [7, 11) is 4.27. The zero-order valence-corrected chi connectivity index (χ0v) is 11.0. The first kappa shape index (κ1) is 14.9. The Morgan fingerprint density at radius 2 is 1.60 bits per heavy atom. The minimum Gasteiger partial charge on any atom is -0.393 e. The highest BCUT2D eigenvalue weighted by atomic mass is 16.3. The van der Waals surface area contributed by atoms with Crippen LogP contribution in [-0.2, 0) is 0 Å². The molecule has 0 aliphatic heterocycles. The summed E-state index contributed by atoms with van der Waals surface area (Å²) in [6.07, 6.45) is 8.01. The lowest BCUT2D eigenvalue weighted by Gasteiger charge is -2.19. The highest BCUT2D eigenvalue weighted by molar-refractivity contribution is 4.60. The highest BCUT2D eigenvalue weighted by Gasteiger charge is 2.05. The number of nitrogens with zero attached hydrogens (tertiary/aromatic N) is 1. The predicted octanol–water partition coefficient (Wildman–Crippen LogP) is 3.05. The zero-order valence-electron chi connectivity index (χ0n) is 11.0. The normalized spacial score (nSPS) is 15.6. The molecule has 92 valence electrons. The van der Waals surface area contributed by atoms with Crippen molar-refractivity contribution in [2.24, 2.45) is 0 Å². The Balaban J connectivity index is 3.24. The van der Waals surface area contributed by atoms with E-state index in [0.717, 1.165) is 19.3 Å². The summed E-state index contributed by atoms with van der Waals surface area (Å²) in [5.41, 5.74) is 0. The fraction of sp³-hybridized carbons (Fsp3) is 1.00. The Bertz CT molecular complexity index is 136. The lowest BCUT2D eigenvalue weighted by Crippen LogP contribution is -2.24. The number of hydrogen-bond donors (Lipinski definition) is 1. The van der Waals surface area contributed by atoms with Crippen LogP contribution in [0.1, 0.15) is 58.8 Å². The summed E-state index contributed by atoms with van der Waals surface area (Å²) in [5.74, 6) is 0. The molecule has 15 heavy (non-hydrogen) atoms. The van der Waals surface area contributed by atoms with Crippen LogP contribution in [0.15, 0.2) is 0 Å². The summed E-state index contributed by atoms with van der Waals surface area (Å²) in [4.78, 5) is 2.27. The highest BCUT2D eigenvalue weighted by Crippen LogP contribution is 2.11. The second kappa shape index (κ2) is 9.17. The van der Waals surface area contributed by atoms with E-state index in [9.17, 15) is 5.11 Å². The van der Waals surface area contributed by atoms with Gasteiger partial charge in [0.25, 0.3) is 0 Å². The second-order valence-electron chi connectivity index (χ2n) is 4.89. The lowest BCUT2D eigenvalue weighted by molar-refractivity contribution is 0.149. The van der Waals surface area contributed by atoms with E-state index in [1.165, 1.54) is 25.7 Å². The maximum atomic E-state index is 9.54. The number of hydrogen-bond acceptors (Lipinski definition) is 2. The Hall–Kier alpha value is -0.0800. The Labute approximate surface area is 95.7 Å². The molecule has 2 heteroatoms. The molecule has 0 saturated heterocycles. The van der Waals surface area contributed by atoms with E-state index in [1.54, 1.807) is 0 Å². The summed E-state index contributed by atoms with van der Waals surface area (Å²) in [6.45, 7) is 4.40. The molecular weight excluding hydrogens is 186 g/mol. The number of rotatable bonds is 9. The van der Waals surface area contributed by atoms with Crippen molar-refractivity contribution in [3.05, 3.63) is 0 Å². The van der Waals surface area contributed by atoms with E-state index in [1.807, 2.05) is 0 Å². The van der Waals surface area contributed by atoms with Gasteiger partial charge in [-0.15, -0.1) is 0 Å². The van der Waals surface area contributed by atoms with E-state index in [0.29, 0.717) is 6.04 Å². The number of aliphatic hydroxyl groups is 1. The van der Waals surface area contributed by atoms with Crippen molar-refractivity contribution >= 4 is 0 Å². The molecule has 0 aromatic rings. The predicted molar refractivity (Wildman–Crippen MR) is 67.1 cm³/mol. The monoisotopic (exact) mass is 215 g/mol. The molecule has 2 atom stereocenters. The van der Waals surface area contributed by atoms with Gasteiger partial charge in [0.2, 0.25) is 0 Å². The third kappa shape index (κ3) is 8.88. The molecule has 0 rings (SSSR count). The van der Waals surface area contributed by atoms with Crippen molar-refractivity contribution in [1.29, 1.82) is 0 Å². The van der Waals surface area contributed by atoms with Crippen LogP contribution in [0.25, 0.3) is 0 Å². The smallest absolute Gasteiger partial charge is 0.0540 e. The largest absolute Gasteiger partial charge is 0.393 e. The molecule has 0 aromatic carbocycles. The summed E-state index contributed by atoms with van der Waals surface area (Å²) >= 11 is 0. The summed E-state index contributed by atoms with van der Waals surface area (Å²) < 4.78 is 0. The van der Waals surface area contributed by atoms with Crippen LogP contribution >= 0.6 is 0 Å². The van der Waals surface area contributed by atoms with E-state index in [4.69, 9.17) is 0 Å². The Morgan fingerprint density at radius 3 is 2.13 bits per heavy atom. The third-order valence-corrected chi connectivity index (χ3v) is 3.16. The molecule has 0 aromatic heterocycles. The maximum absolute atomic E-state index is 9.54. The molecule has 1 N–H and O–H groups in total. The van der Waals surface area contributed by atoms with Gasteiger partial charge in [-0.3, -0.25) is 0 Å². The number of aliphatic hydroxyl groups excluding tert-OH is 1. The molecule has 0 heterocycles. The SMILES string of the molecule is CCCC(O)CCCCCC(C)N(C)C. The number of unbranched alkanes of at least 4 members (excludes halogenated alkanes) is 2. The molecule has 2 nitrogen and oxygen atoms in total. The molecule has 0 saturated carbocycles. The first-order chi connectivity index (χ1) is 7.07. The topological polar surface area (TPSA) is 23.5 Å². The Morgan fingerprint density at radius 1 is 1.00 bits per heavy atom. The van der Waals surface area contributed by atoms with Gasteiger partial charge in [0, 0.05) is 6.04 Å². The minimum absolute atomic E-state index is 0.0544. The average molecular weight is 215 g/mol. The molecule has 0 spiro atoms. The van der Waals surface area contributed by atoms with Crippen molar-refractivity contribution in [2.75, 3.05) is 14.1 Å². The average Bonchev–Trinajstić information content (AvgIpc) is 2.17. The van der Waals surface area contributed by atoms with Crippen molar-refractivity contribution in [1.82, 2.24) is 4.90 Å². The van der Waals surface area contributed by atoms with Crippen molar-refractivity contribution < 1.29 is 5.11 Å². The van der Waals surface area contributed by atoms with Crippen LogP contribution in [0.5, 0.6) is 0 Å². The van der Waals surface area contributed by atoms with Gasteiger partial charge >= 0.3 is 0 Å². The van der Waals surface area contributed by atoms with Crippen LogP contribution < -0.4 is 0 Å². The second-order valence-corrected chi connectivity index (χ2v) is 4.89. The zero-order chi connectivity index (χ0) is 11.7. The van der Waals surface area contributed by atoms with E-state index < -0.39 is 0 Å². The van der Waals surface area contributed by atoms with Gasteiger partial charge in [-0.1, -0.05) is 32.6 Å². The van der Waals surface area contributed by atoms with E-state index in [-0.39, 0.29) is 6.10 Å². The molecule has 2 unspecified atom stereocenters. The molecule has 0 bridgehead atoms. The van der Waals surface area contributed by atoms with E-state index >= 15 is 0 Å². The Kier molecular flexibility index (Phi) is 9.12. The first-order valence-corrected chi connectivity index (χ1v) is 6.42. The van der Waals surface area contributed by atoms with Gasteiger partial charge in [-0.2, -0.15) is 0 Å². The molecule has 0 radical (unpaired) electrons. The van der Waals surface area contributed by atoms with Crippen LogP contribution in [0.2, 0.25) is 0 Å². The van der Waals surface area contributed by atoms with Crippen LogP contribution in [0.4, 0.5) is 0 Å². The van der Waals surface area contributed by atoms with Crippen molar-refractivity contribution in [2.45, 2.75) is 70.9 Å². The maximum Gasteiger partial charge on any atom is 0.0540 e. The molecule has 0 aliphatic carbocycles. The van der Waals surface area contributed by atoms with Gasteiger partial charge in [0.1, 0.15) is 0 Å². The van der Waals surface area contributed by atoms with Crippen LogP contribution in [-0.4, -0.2) is 36.2 Å². The van der Waals surface area contributed by atoms with Gasteiger partial charge in [-0.25, -0.2) is 0 Å². The molecule has 0 amide bonds. The molecule has 0 fully saturated rings. The quantitative estimate of drug-likeness (QED) is 0.598. The molecular formula is C13H29NO. The van der Waals surface area contributed by atoms with Crippen LogP contribution in [0.3, 0.4) is 0 Å². The molecule has 0 aliphatic rings. The van der Waals surface area contributed by atoms with Crippen molar-refractivity contribution in [3.8, 4) is 0 Å². The summed E-state index contributed by atoms with van der Waals surface area (Å²) in [5, 5.41) is 9.54. The van der Waals surface area contributed by atoms with Crippen LogP contribution in [0, 0.1) is 0 Å².